The second kappa shape index (κ2) is 13.0. The molecule has 9 nitrogen and oxygen atoms in total. The summed E-state index contributed by atoms with van der Waals surface area (Å²) in [4.78, 5) is 35.0. The van der Waals surface area contributed by atoms with E-state index in [1.807, 2.05) is 6.08 Å². The molecular formula is C33H44N2O7. The molecule has 2 aromatic rings. The number of carboxylic acid groups (broad SMARTS) is 2. The number of rotatable bonds is 9. The number of fused-ring (bicyclic) bond motifs is 3. The molecule has 9 heteroatoms. The van der Waals surface area contributed by atoms with Gasteiger partial charge in [-0.2, -0.15) is 0 Å². The maximum atomic E-state index is 13.1. The highest BCUT2D eigenvalue weighted by Crippen LogP contribution is 2.55. The molecule has 0 bridgehead atoms. The second-order valence-electron chi connectivity index (χ2n) is 12.0. The SMILES string of the molecule is C=CCn1c2c3c4c(cccc41)C1C[C@@H](C4CCCC(OCC)CC4)CN(CC)[C@@H]1C3OC2=O.O=C(O)CCC(=O)O. The number of ether oxygens (including phenoxy) is 2. The Balaban J connectivity index is 0.000000390. The molecule has 4 unspecified atom stereocenters. The Morgan fingerprint density at radius 3 is 2.52 bits per heavy atom. The Hall–Kier alpha value is -3.17. The number of piperidine rings is 1. The van der Waals surface area contributed by atoms with Crippen LogP contribution in [0.5, 0.6) is 0 Å². The number of hydrogen-bond acceptors (Lipinski definition) is 6. The first-order chi connectivity index (χ1) is 20.3. The number of benzene rings is 1. The van der Waals surface area contributed by atoms with Gasteiger partial charge < -0.3 is 24.3 Å². The van der Waals surface area contributed by atoms with Gasteiger partial charge in [0.15, 0.2) is 0 Å². The average molecular weight is 581 g/mol. The monoisotopic (exact) mass is 580 g/mol. The number of carbonyl (C=O) groups is 3. The highest BCUT2D eigenvalue weighted by molar-refractivity contribution is 6.04. The maximum Gasteiger partial charge on any atom is 0.356 e. The normalized spacial score (nSPS) is 28.3. The van der Waals surface area contributed by atoms with E-state index in [9.17, 15) is 14.4 Å². The van der Waals surface area contributed by atoms with Crippen molar-refractivity contribution in [1.82, 2.24) is 9.47 Å². The lowest BCUT2D eigenvalue weighted by Gasteiger charge is -2.50. The average Bonchev–Trinajstić information content (AvgIpc) is 3.37. The molecule has 1 aromatic heterocycles. The van der Waals surface area contributed by atoms with Crippen LogP contribution >= 0.6 is 0 Å². The number of aliphatic carboxylic acids is 2. The van der Waals surface area contributed by atoms with E-state index in [4.69, 9.17) is 19.7 Å². The molecule has 2 aliphatic carbocycles. The van der Waals surface area contributed by atoms with Crippen molar-refractivity contribution >= 4 is 28.8 Å². The molecule has 1 saturated carbocycles. The van der Waals surface area contributed by atoms with Gasteiger partial charge >= 0.3 is 17.9 Å². The van der Waals surface area contributed by atoms with Gasteiger partial charge in [-0.1, -0.05) is 38.0 Å². The maximum absolute atomic E-state index is 13.1. The standard InChI is InChI=1S/C29H38N2O3.C4H6O4/c1-4-15-31-23-12-8-11-21-22-16-19(18-9-7-10-20(14-13-18)33-6-3)17-30(5-2)26(22)28-25(24(21)23)27(31)29(32)34-28;5-3(6)1-2-4(7)8/h4,8,11-12,18-20,22,26,28H,1,5-7,9-10,13-17H2,2-3H3;1-2H2,(H,5,6)(H,7,8)/t18?,19-,20?,22?,26+,28?;/m1./s1. The van der Waals surface area contributed by atoms with E-state index >= 15 is 0 Å². The van der Waals surface area contributed by atoms with Crippen LogP contribution in [-0.4, -0.2) is 69.4 Å². The lowest BCUT2D eigenvalue weighted by Crippen LogP contribution is -2.52. The van der Waals surface area contributed by atoms with Crippen molar-refractivity contribution in [2.24, 2.45) is 11.8 Å². The van der Waals surface area contributed by atoms with Gasteiger partial charge in [-0.05, 0) is 62.6 Å². The van der Waals surface area contributed by atoms with Gasteiger partial charge in [0.1, 0.15) is 11.8 Å². The molecule has 4 aliphatic rings. The van der Waals surface area contributed by atoms with E-state index in [0.717, 1.165) is 36.9 Å². The third-order valence-corrected chi connectivity index (χ3v) is 9.74. The van der Waals surface area contributed by atoms with E-state index in [2.05, 4.69) is 48.1 Å². The number of hydrogen-bond donors (Lipinski definition) is 2. The van der Waals surface area contributed by atoms with Crippen LogP contribution in [0.4, 0.5) is 0 Å². The number of aromatic nitrogens is 1. The summed E-state index contributed by atoms with van der Waals surface area (Å²) in [5.74, 6) is -0.462. The van der Waals surface area contributed by atoms with Crippen molar-refractivity contribution in [1.29, 1.82) is 0 Å². The highest BCUT2D eigenvalue weighted by atomic mass is 16.6. The quantitative estimate of drug-likeness (QED) is 0.218. The van der Waals surface area contributed by atoms with Crippen molar-refractivity contribution in [3.63, 3.8) is 0 Å². The molecule has 2 N–H and O–H groups in total. The van der Waals surface area contributed by atoms with Gasteiger partial charge in [-0.3, -0.25) is 14.5 Å². The fourth-order valence-corrected chi connectivity index (χ4v) is 8.05. The van der Waals surface area contributed by atoms with Gasteiger partial charge in [0.05, 0.1) is 25.0 Å². The first-order valence-electron chi connectivity index (χ1n) is 15.5. The summed E-state index contributed by atoms with van der Waals surface area (Å²) in [6.07, 6.45) is 9.06. The van der Waals surface area contributed by atoms with E-state index in [1.165, 1.54) is 55.0 Å². The Kier molecular flexibility index (Phi) is 9.38. The third kappa shape index (κ3) is 5.73. The summed E-state index contributed by atoms with van der Waals surface area (Å²) in [6.45, 7) is 11.9. The minimum Gasteiger partial charge on any atom is -0.481 e. The van der Waals surface area contributed by atoms with Crippen LogP contribution in [0.25, 0.3) is 10.9 Å². The summed E-state index contributed by atoms with van der Waals surface area (Å²) in [6, 6.07) is 6.92. The lowest BCUT2D eigenvalue weighted by atomic mass is 9.67. The summed E-state index contributed by atoms with van der Waals surface area (Å²) < 4.78 is 14.3. The smallest absolute Gasteiger partial charge is 0.356 e. The van der Waals surface area contributed by atoms with Crippen molar-refractivity contribution in [3.05, 3.63) is 47.7 Å². The number of likely N-dealkylation sites (N-methyl/N-ethyl adjacent to an activating group) is 1. The van der Waals surface area contributed by atoms with Crippen molar-refractivity contribution in [2.75, 3.05) is 19.7 Å². The van der Waals surface area contributed by atoms with Crippen LogP contribution in [0, 0.1) is 11.8 Å². The lowest BCUT2D eigenvalue weighted by molar-refractivity contribution is -0.143. The fraction of sp³-hybridized carbons (Fsp3) is 0.606. The number of carboxylic acids is 2. The van der Waals surface area contributed by atoms with Crippen LogP contribution in [0.3, 0.4) is 0 Å². The zero-order chi connectivity index (χ0) is 30.0. The molecule has 42 heavy (non-hydrogen) atoms. The predicted molar refractivity (Wildman–Crippen MR) is 159 cm³/mol. The molecule has 2 aliphatic heterocycles. The first-order valence-corrected chi connectivity index (χ1v) is 15.5. The van der Waals surface area contributed by atoms with Crippen LogP contribution in [0.1, 0.15) is 98.9 Å². The molecule has 0 spiro atoms. The van der Waals surface area contributed by atoms with Gasteiger partial charge in [-0.25, -0.2) is 4.79 Å². The molecule has 6 atom stereocenters. The van der Waals surface area contributed by atoms with Crippen LogP contribution < -0.4 is 0 Å². The predicted octanol–water partition coefficient (Wildman–Crippen LogP) is 5.77. The van der Waals surface area contributed by atoms with E-state index in [-0.39, 0.29) is 31.0 Å². The molecular weight excluding hydrogens is 536 g/mol. The van der Waals surface area contributed by atoms with Crippen molar-refractivity contribution < 1.29 is 34.1 Å². The topological polar surface area (TPSA) is 118 Å². The summed E-state index contributed by atoms with van der Waals surface area (Å²) >= 11 is 0. The van der Waals surface area contributed by atoms with E-state index < -0.39 is 11.9 Å². The van der Waals surface area contributed by atoms with Crippen LogP contribution in [0.2, 0.25) is 0 Å². The Labute approximate surface area is 247 Å². The molecule has 1 aromatic carbocycles. The zero-order valence-electron chi connectivity index (χ0n) is 24.8. The van der Waals surface area contributed by atoms with Crippen molar-refractivity contribution in [3.8, 4) is 0 Å². The van der Waals surface area contributed by atoms with Crippen LogP contribution in [0.15, 0.2) is 30.9 Å². The number of esters is 1. The fourth-order valence-electron chi connectivity index (χ4n) is 8.05. The van der Waals surface area contributed by atoms with Gasteiger partial charge in [0.2, 0.25) is 0 Å². The zero-order valence-corrected chi connectivity index (χ0v) is 24.8. The summed E-state index contributed by atoms with van der Waals surface area (Å²) in [5, 5.41) is 17.1. The number of nitrogens with zero attached hydrogens (tertiary/aromatic N) is 2. The third-order valence-electron chi connectivity index (χ3n) is 9.74. The molecule has 0 radical (unpaired) electrons. The minimum absolute atomic E-state index is 0.145. The van der Waals surface area contributed by atoms with Crippen LogP contribution in [-0.2, 0) is 25.6 Å². The van der Waals surface area contributed by atoms with E-state index in [1.54, 1.807) is 0 Å². The van der Waals surface area contributed by atoms with E-state index in [0.29, 0.717) is 24.5 Å². The van der Waals surface area contributed by atoms with Gasteiger partial charge in [0.25, 0.3) is 0 Å². The Bertz CT molecular complexity index is 1320. The minimum atomic E-state index is -1.08. The molecule has 3 heterocycles. The number of carbonyl (C=O) groups excluding carboxylic acids is 1. The highest BCUT2D eigenvalue weighted by Gasteiger charge is 2.53. The number of likely N-dealkylation sites (tertiary alicyclic amines) is 1. The second-order valence-corrected chi connectivity index (χ2v) is 12.0. The molecule has 0 amide bonds. The molecule has 2 fully saturated rings. The Morgan fingerprint density at radius 2 is 1.86 bits per heavy atom. The largest absolute Gasteiger partial charge is 0.481 e. The summed E-state index contributed by atoms with van der Waals surface area (Å²) in [7, 11) is 0. The number of allylic oxidation sites excluding steroid dienone is 1. The van der Waals surface area contributed by atoms with Crippen molar-refractivity contribution in [2.45, 2.75) is 95.9 Å². The van der Waals surface area contributed by atoms with Gasteiger partial charge in [-0.15, -0.1) is 6.58 Å². The molecule has 228 valence electrons. The first kappa shape index (κ1) is 30.3. The summed E-state index contributed by atoms with van der Waals surface area (Å²) in [5.41, 5.74) is 4.50. The molecule has 1 saturated heterocycles. The van der Waals surface area contributed by atoms with Gasteiger partial charge in [0, 0.05) is 42.1 Å². The molecule has 6 rings (SSSR count). The Morgan fingerprint density at radius 1 is 1.10 bits per heavy atom.